The van der Waals surface area contributed by atoms with Crippen molar-refractivity contribution in [3.8, 4) is 0 Å². The van der Waals surface area contributed by atoms with Crippen LogP contribution in [0.2, 0.25) is 0 Å². The topological polar surface area (TPSA) is 37.6 Å². The van der Waals surface area contributed by atoms with E-state index in [0.717, 1.165) is 28.9 Å². The predicted octanol–water partition coefficient (Wildman–Crippen LogP) is 2.48. The quantitative estimate of drug-likeness (QED) is 0.739. The van der Waals surface area contributed by atoms with Crippen molar-refractivity contribution in [2.24, 2.45) is 12.0 Å². The minimum Gasteiger partial charge on any atom is -0.351 e. The summed E-state index contributed by atoms with van der Waals surface area (Å²) in [5.74, 6) is -0.105. The first-order valence-electron chi connectivity index (χ1n) is 6.63. The molecule has 0 radical (unpaired) electrons. The van der Waals surface area contributed by atoms with E-state index in [1.54, 1.807) is 0 Å². The molecule has 2 aliphatic heterocycles. The molecule has 4 nitrogen and oxygen atoms in total. The van der Waals surface area contributed by atoms with Crippen molar-refractivity contribution in [2.45, 2.75) is 19.3 Å². The zero-order valence-electron chi connectivity index (χ0n) is 11.0. The maximum absolute atomic E-state index is 12.0. The van der Waals surface area contributed by atoms with E-state index in [-0.39, 0.29) is 5.91 Å². The fourth-order valence-electron chi connectivity index (χ4n) is 2.38. The summed E-state index contributed by atoms with van der Waals surface area (Å²) in [5.41, 5.74) is 1.03. The molecule has 0 N–H and O–H groups in total. The number of rotatable bonds is 1. The lowest BCUT2D eigenvalue weighted by molar-refractivity contribution is -0.113. The first-order chi connectivity index (χ1) is 9.24. The molecule has 1 aromatic rings. The molecular weight excluding hydrogens is 258 g/mol. The van der Waals surface area contributed by atoms with Crippen molar-refractivity contribution >= 4 is 28.9 Å². The van der Waals surface area contributed by atoms with Gasteiger partial charge >= 0.3 is 0 Å². The van der Waals surface area contributed by atoms with Gasteiger partial charge in [0.05, 0.1) is 4.91 Å². The number of piperidine rings is 1. The minimum atomic E-state index is -0.105. The summed E-state index contributed by atoms with van der Waals surface area (Å²) in [5, 5.41) is 0.880. The van der Waals surface area contributed by atoms with Crippen LogP contribution in [0.15, 0.2) is 28.2 Å². The van der Waals surface area contributed by atoms with Crippen LogP contribution in [0.4, 0.5) is 0 Å². The highest BCUT2D eigenvalue weighted by atomic mass is 32.2. The van der Waals surface area contributed by atoms with Crippen molar-refractivity contribution in [2.75, 3.05) is 13.1 Å². The Balaban J connectivity index is 1.76. The van der Waals surface area contributed by atoms with Gasteiger partial charge in [0.15, 0.2) is 5.17 Å². The number of carbonyl (C=O) groups is 1. The molecule has 0 atom stereocenters. The zero-order valence-corrected chi connectivity index (χ0v) is 11.8. The minimum absolute atomic E-state index is 0.105. The van der Waals surface area contributed by atoms with Gasteiger partial charge in [-0.05, 0) is 49.2 Å². The summed E-state index contributed by atoms with van der Waals surface area (Å²) < 4.78 is 2.00. The van der Waals surface area contributed by atoms with Crippen LogP contribution in [-0.2, 0) is 11.8 Å². The molecule has 1 amide bonds. The maximum Gasteiger partial charge on any atom is 0.286 e. The van der Waals surface area contributed by atoms with Crippen LogP contribution in [0.25, 0.3) is 6.08 Å². The van der Waals surface area contributed by atoms with Crippen LogP contribution in [0, 0.1) is 0 Å². The summed E-state index contributed by atoms with van der Waals surface area (Å²) in [6.45, 7) is 2.05. The first kappa shape index (κ1) is 12.5. The molecule has 1 saturated heterocycles. The SMILES string of the molecule is Cn1cccc1C=C1SC(N2CCCCC2)=NC1=O. The number of hydrogen-bond donors (Lipinski definition) is 0. The maximum atomic E-state index is 12.0. The van der Waals surface area contributed by atoms with E-state index in [1.165, 1.54) is 31.0 Å². The van der Waals surface area contributed by atoms with Gasteiger partial charge in [-0.3, -0.25) is 4.79 Å². The number of aromatic nitrogens is 1. The lowest BCUT2D eigenvalue weighted by atomic mass is 10.1. The van der Waals surface area contributed by atoms with Gasteiger partial charge < -0.3 is 9.47 Å². The highest BCUT2D eigenvalue weighted by Gasteiger charge is 2.26. The van der Waals surface area contributed by atoms with Gasteiger partial charge in [0.25, 0.3) is 5.91 Å². The fourth-order valence-corrected chi connectivity index (χ4v) is 3.33. The third kappa shape index (κ3) is 2.61. The van der Waals surface area contributed by atoms with Crippen LogP contribution in [-0.4, -0.2) is 33.6 Å². The Labute approximate surface area is 117 Å². The van der Waals surface area contributed by atoms with Crippen molar-refractivity contribution in [1.82, 2.24) is 9.47 Å². The number of aryl methyl sites for hydroxylation is 1. The van der Waals surface area contributed by atoms with E-state index in [1.807, 2.05) is 36.0 Å². The largest absolute Gasteiger partial charge is 0.351 e. The average Bonchev–Trinajstić information content (AvgIpc) is 2.99. The van der Waals surface area contributed by atoms with Crippen molar-refractivity contribution in [1.29, 1.82) is 0 Å². The van der Waals surface area contributed by atoms with E-state index < -0.39 is 0 Å². The molecule has 1 aromatic heterocycles. The number of nitrogens with zero attached hydrogens (tertiary/aromatic N) is 3. The van der Waals surface area contributed by atoms with E-state index in [2.05, 4.69) is 9.89 Å². The highest BCUT2D eigenvalue weighted by molar-refractivity contribution is 8.18. The summed E-state index contributed by atoms with van der Waals surface area (Å²) in [6.07, 6.45) is 7.58. The van der Waals surface area contributed by atoms with Crippen LogP contribution in [0.3, 0.4) is 0 Å². The van der Waals surface area contributed by atoms with Gasteiger partial charge in [-0.25, -0.2) is 0 Å². The zero-order chi connectivity index (χ0) is 13.2. The molecule has 100 valence electrons. The highest BCUT2D eigenvalue weighted by Crippen LogP contribution is 2.31. The smallest absolute Gasteiger partial charge is 0.286 e. The first-order valence-corrected chi connectivity index (χ1v) is 7.44. The number of likely N-dealkylation sites (tertiary alicyclic amines) is 1. The predicted molar refractivity (Wildman–Crippen MR) is 78.8 cm³/mol. The van der Waals surface area contributed by atoms with Gasteiger partial charge in [-0.1, -0.05) is 0 Å². The third-order valence-corrected chi connectivity index (χ3v) is 4.54. The Morgan fingerprint density at radius 2 is 2.11 bits per heavy atom. The molecule has 3 rings (SSSR count). The molecule has 3 heterocycles. The monoisotopic (exact) mass is 275 g/mol. The number of amides is 1. The average molecular weight is 275 g/mol. The van der Waals surface area contributed by atoms with Crippen molar-refractivity contribution in [3.05, 3.63) is 28.9 Å². The molecule has 5 heteroatoms. The molecule has 0 bridgehead atoms. The standard InChI is InChI=1S/C14H17N3OS/c1-16-7-5-6-11(16)10-12-13(18)15-14(19-12)17-8-3-2-4-9-17/h5-7,10H,2-4,8-9H2,1H3. The van der Waals surface area contributed by atoms with Gasteiger partial charge in [-0.2, -0.15) is 4.99 Å². The second kappa shape index (κ2) is 5.25. The Morgan fingerprint density at radius 3 is 2.79 bits per heavy atom. The molecule has 0 unspecified atom stereocenters. The van der Waals surface area contributed by atoms with E-state index in [9.17, 15) is 4.79 Å². The number of aliphatic imine (C=N–C) groups is 1. The third-order valence-electron chi connectivity index (χ3n) is 3.50. The molecule has 2 aliphatic rings. The van der Waals surface area contributed by atoms with Crippen molar-refractivity contribution in [3.63, 3.8) is 0 Å². The summed E-state index contributed by atoms with van der Waals surface area (Å²) in [7, 11) is 1.98. The molecule has 0 aliphatic carbocycles. The Bertz CT molecular complexity index is 553. The second-order valence-corrected chi connectivity index (χ2v) is 5.91. The lowest BCUT2D eigenvalue weighted by Gasteiger charge is -2.27. The number of thioether (sulfide) groups is 1. The Morgan fingerprint density at radius 1 is 1.32 bits per heavy atom. The number of carbonyl (C=O) groups excluding carboxylic acids is 1. The van der Waals surface area contributed by atoms with Crippen LogP contribution in [0.1, 0.15) is 25.0 Å². The van der Waals surface area contributed by atoms with E-state index in [0.29, 0.717) is 0 Å². The fraction of sp³-hybridized carbons (Fsp3) is 0.429. The van der Waals surface area contributed by atoms with E-state index >= 15 is 0 Å². The molecule has 19 heavy (non-hydrogen) atoms. The number of amidine groups is 1. The van der Waals surface area contributed by atoms with Gasteiger partial charge in [-0.15, -0.1) is 0 Å². The van der Waals surface area contributed by atoms with E-state index in [4.69, 9.17) is 0 Å². The molecule has 1 fully saturated rings. The van der Waals surface area contributed by atoms with Crippen LogP contribution >= 0.6 is 11.8 Å². The van der Waals surface area contributed by atoms with Crippen LogP contribution < -0.4 is 0 Å². The summed E-state index contributed by atoms with van der Waals surface area (Å²) in [6, 6.07) is 3.97. The molecule has 0 saturated carbocycles. The van der Waals surface area contributed by atoms with Gasteiger partial charge in [0.1, 0.15) is 0 Å². The summed E-state index contributed by atoms with van der Waals surface area (Å²) in [4.78, 5) is 19.1. The Hall–Kier alpha value is -1.49. The lowest BCUT2D eigenvalue weighted by Crippen LogP contribution is -2.33. The molecule has 0 spiro atoms. The summed E-state index contributed by atoms with van der Waals surface area (Å²) >= 11 is 1.51. The molecule has 0 aromatic carbocycles. The van der Waals surface area contributed by atoms with Gasteiger partial charge in [0, 0.05) is 32.0 Å². The normalized spacial score (nSPS) is 22.2. The number of hydrogen-bond acceptors (Lipinski definition) is 3. The van der Waals surface area contributed by atoms with Gasteiger partial charge in [0.2, 0.25) is 0 Å². The second-order valence-electron chi connectivity index (χ2n) is 4.90. The molecular formula is C14H17N3OS. The van der Waals surface area contributed by atoms with Crippen molar-refractivity contribution < 1.29 is 4.79 Å². The van der Waals surface area contributed by atoms with Crippen LogP contribution in [0.5, 0.6) is 0 Å². The Kier molecular flexibility index (Phi) is 3.46.